The van der Waals surface area contributed by atoms with Gasteiger partial charge in [0.15, 0.2) is 5.13 Å². The molecule has 0 fully saturated rings. The molecule has 0 saturated heterocycles. The Morgan fingerprint density at radius 3 is 2.32 bits per heavy atom. The lowest BCUT2D eigenvalue weighted by atomic mass is 10.2. The van der Waals surface area contributed by atoms with Gasteiger partial charge >= 0.3 is 5.97 Å². The lowest BCUT2D eigenvalue weighted by molar-refractivity contribution is -0.131. The average molecular weight is 504 g/mol. The first-order valence-corrected chi connectivity index (χ1v) is 13.2. The largest absolute Gasteiger partial charge is 0.426 e. The zero-order valence-electron chi connectivity index (χ0n) is 19.9. The van der Waals surface area contributed by atoms with Crippen LogP contribution in [0.15, 0.2) is 47.4 Å². The number of hydrogen-bond acceptors (Lipinski definition) is 7. The second-order valence-electron chi connectivity index (χ2n) is 8.80. The van der Waals surface area contributed by atoms with Gasteiger partial charge in [-0.1, -0.05) is 51.2 Å². The zero-order valence-corrected chi connectivity index (χ0v) is 21.5. The number of para-hydroxylation sites is 1. The van der Waals surface area contributed by atoms with Gasteiger partial charge in [-0.2, -0.15) is 4.31 Å². The minimum Gasteiger partial charge on any atom is -0.426 e. The highest BCUT2D eigenvalue weighted by molar-refractivity contribution is 7.89. The molecule has 0 radical (unpaired) electrons. The molecule has 2 aromatic carbocycles. The van der Waals surface area contributed by atoms with E-state index in [4.69, 9.17) is 4.74 Å². The first kappa shape index (κ1) is 25.8. The number of nitrogens with one attached hydrogen (secondary N) is 1. The number of nitrogens with zero attached hydrogens (tertiary/aromatic N) is 2. The number of benzene rings is 2. The van der Waals surface area contributed by atoms with Crippen LogP contribution < -0.4 is 10.1 Å². The third kappa shape index (κ3) is 6.19. The van der Waals surface area contributed by atoms with E-state index in [0.717, 1.165) is 0 Å². The van der Waals surface area contributed by atoms with E-state index >= 15 is 0 Å². The summed E-state index contributed by atoms with van der Waals surface area (Å²) < 4.78 is 34.0. The Morgan fingerprint density at radius 1 is 1.06 bits per heavy atom. The molecule has 0 bridgehead atoms. The monoisotopic (exact) mass is 503 g/mol. The predicted octanol–water partition coefficient (Wildman–Crippen LogP) is 4.78. The van der Waals surface area contributed by atoms with Gasteiger partial charge < -0.3 is 4.74 Å². The van der Waals surface area contributed by atoms with Gasteiger partial charge in [0.05, 0.1) is 20.7 Å². The maximum Gasteiger partial charge on any atom is 0.308 e. The quantitative estimate of drug-likeness (QED) is 0.333. The van der Waals surface area contributed by atoms with Crippen molar-refractivity contribution in [1.82, 2.24) is 9.29 Å². The first-order valence-electron chi connectivity index (χ1n) is 11.0. The number of carbonyl (C=O) groups is 2. The molecular formula is C24H29N3O5S2. The Hall–Kier alpha value is -2.82. The van der Waals surface area contributed by atoms with Crippen LogP contribution in [0.25, 0.3) is 10.2 Å². The minimum atomic E-state index is -3.68. The number of esters is 1. The average Bonchev–Trinajstić information content (AvgIpc) is 3.14. The van der Waals surface area contributed by atoms with Crippen LogP contribution in [0.5, 0.6) is 5.75 Å². The number of thiazole rings is 1. The van der Waals surface area contributed by atoms with E-state index in [1.807, 2.05) is 27.7 Å². The van der Waals surface area contributed by atoms with E-state index in [0.29, 0.717) is 28.4 Å². The molecule has 182 valence electrons. The van der Waals surface area contributed by atoms with Crippen molar-refractivity contribution in [3.05, 3.63) is 48.0 Å². The standard InChI is InChI=1S/C24H29N3O5S2/c1-15(2)13-27(14-16(3)4)34(30,31)18-10-11-20-22(12-18)33-24(25-20)26-23(29)19-8-6-7-9-21(19)32-17(5)28/h6-12,15-16H,13-14H2,1-5H3,(H,25,26,29). The van der Waals surface area contributed by atoms with Gasteiger partial charge in [-0.05, 0) is 42.2 Å². The first-order chi connectivity index (χ1) is 16.0. The number of aromatic nitrogens is 1. The topological polar surface area (TPSA) is 106 Å². The number of hydrogen-bond donors (Lipinski definition) is 1. The third-order valence-electron chi connectivity index (χ3n) is 4.74. The van der Waals surface area contributed by atoms with Crippen LogP contribution in [-0.2, 0) is 14.8 Å². The van der Waals surface area contributed by atoms with Gasteiger partial charge in [-0.3, -0.25) is 14.9 Å². The second kappa shape index (κ2) is 10.6. The van der Waals surface area contributed by atoms with E-state index in [2.05, 4.69) is 10.3 Å². The summed E-state index contributed by atoms with van der Waals surface area (Å²) in [5, 5.41) is 3.03. The number of carbonyl (C=O) groups excluding carboxylic acids is 2. The van der Waals surface area contributed by atoms with E-state index in [-0.39, 0.29) is 28.0 Å². The van der Waals surface area contributed by atoms with Crippen molar-refractivity contribution in [2.24, 2.45) is 11.8 Å². The Bertz CT molecular complexity index is 1290. The molecule has 1 heterocycles. The lowest BCUT2D eigenvalue weighted by Gasteiger charge is -2.25. The van der Waals surface area contributed by atoms with E-state index < -0.39 is 21.9 Å². The molecule has 3 rings (SSSR count). The van der Waals surface area contributed by atoms with E-state index in [1.54, 1.807) is 36.4 Å². The van der Waals surface area contributed by atoms with Crippen LogP contribution in [0.3, 0.4) is 0 Å². The molecule has 3 aromatic rings. The zero-order chi connectivity index (χ0) is 25.0. The number of sulfonamides is 1. The Labute approximate surface area is 204 Å². The SMILES string of the molecule is CC(=O)Oc1ccccc1C(=O)Nc1nc2ccc(S(=O)(=O)N(CC(C)C)CC(C)C)cc2s1. The second-order valence-corrected chi connectivity index (χ2v) is 11.8. The van der Waals surface area contributed by atoms with Crippen LogP contribution in [0.2, 0.25) is 0 Å². The summed E-state index contributed by atoms with van der Waals surface area (Å²) >= 11 is 1.18. The highest BCUT2D eigenvalue weighted by Gasteiger charge is 2.26. The van der Waals surface area contributed by atoms with Crippen molar-refractivity contribution in [2.45, 2.75) is 39.5 Å². The molecule has 0 atom stereocenters. The molecule has 0 spiro atoms. The number of rotatable bonds is 9. The van der Waals surface area contributed by atoms with Gasteiger partial charge in [0.25, 0.3) is 5.91 Å². The predicted molar refractivity (Wildman–Crippen MR) is 134 cm³/mol. The molecular weight excluding hydrogens is 474 g/mol. The van der Waals surface area contributed by atoms with Crippen molar-refractivity contribution >= 4 is 48.6 Å². The smallest absolute Gasteiger partial charge is 0.308 e. The van der Waals surface area contributed by atoms with Crippen LogP contribution in [0, 0.1) is 11.8 Å². The van der Waals surface area contributed by atoms with E-state index in [1.165, 1.54) is 28.6 Å². The van der Waals surface area contributed by atoms with Crippen LogP contribution in [-0.4, -0.2) is 42.7 Å². The number of fused-ring (bicyclic) bond motifs is 1. The lowest BCUT2D eigenvalue weighted by Crippen LogP contribution is -2.37. The molecule has 34 heavy (non-hydrogen) atoms. The number of anilines is 1. The van der Waals surface area contributed by atoms with Crippen molar-refractivity contribution in [3.8, 4) is 5.75 Å². The summed E-state index contributed by atoms with van der Waals surface area (Å²) in [5.74, 6) is -0.478. The molecule has 0 saturated carbocycles. The van der Waals surface area contributed by atoms with Gasteiger partial charge in [0.1, 0.15) is 5.75 Å². The summed E-state index contributed by atoms with van der Waals surface area (Å²) in [5.41, 5.74) is 0.769. The summed E-state index contributed by atoms with van der Waals surface area (Å²) in [6.45, 7) is 10.1. The fraction of sp³-hybridized carbons (Fsp3) is 0.375. The van der Waals surface area contributed by atoms with Crippen molar-refractivity contribution in [2.75, 3.05) is 18.4 Å². The maximum absolute atomic E-state index is 13.3. The van der Waals surface area contributed by atoms with Crippen LogP contribution in [0.1, 0.15) is 45.0 Å². The highest BCUT2D eigenvalue weighted by Crippen LogP contribution is 2.30. The molecule has 1 N–H and O–H groups in total. The van der Waals surface area contributed by atoms with Gasteiger partial charge in [0, 0.05) is 20.0 Å². The maximum atomic E-state index is 13.3. The molecule has 0 aliphatic rings. The van der Waals surface area contributed by atoms with Gasteiger partial charge in [-0.25, -0.2) is 13.4 Å². The molecule has 1 aromatic heterocycles. The molecule has 0 aliphatic heterocycles. The Kier molecular flexibility index (Phi) is 8.06. The van der Waals surface area contributed by atoms with Crippen molar-refractivity contribution < 1.29 is 22.7 Å². The molecule has 8 nitrogen and oxygen atoms in total. The molecule has 1 amide bonds. The third-order valence-corrected chi connectivity index (χ3v) is 7.50. The normalized spacial score (nSPS) is 12.0. The van der Waals surface area contributed by atoms with Crippen LogP contribution in [0.4, 0.5) is 5.13 Å². The summed E-state index contributed by atoms with van der Waals surface area (Å²) in [6.07, 6.45) is 0. The Morgan fingerprint density at radius 2 is 1.71 bits per heavy atom. The number of amides is 1. The highest BCUT2D eigenvalue weighted by atomic mass is 32.2. The van der Waals surface area contributed by atoms with Crippen molar-refractivity contribution in [3.63, 3.8) is 0 Å². The minimum absolute atomic E-state index is 0.150. The van der Waals surface area contributed by atoms with Gasteiger partial charge in [-0.15, -0.1) is 0 Å². The molecule has 10 heteroatoms. The molecule has 0 aliphatic carbocycles. The molecule has 0 unspecified atom stereocenters. The number of ether oxygens (including phenoxy) is 1. The summed E-state index contributed by atoms with van der Waals surface area (Å²) in [6, 6.07) is 11.2. The Balaban J connectivity index is 1.88. The van der Waals surface area contributed by atoms with Crippen molar-refractivity contribution in [1.29, 1.82) is 0 Å². The fourth-order valence-corrected chi connectivity index (χ4v) is 6.18. The summed E-state index contributed by atoms with van der Waals surface area (Å²) in [7, 11) is -3.68. The van der Waals surface area contributed by atoms with Gasteiger partial charge in [0.2, 0.25) is 10.0 Å². The fourth-order valence-electron chi connectivity index (χ4n) is 3.42. The summed E-state index contributed by atoms with van der Waals surface area (Å²) in [4.78, 5) is 28.7. The van der Waals surface area contributed by atoms with Crippen LogP contribution >= 0.6 is 11.3 Å². The van der Waals surface area contributed by atoms with E-state index in [9.17, 15) is 18.0 Å².